The predicted octanol–water partition coefficient (Wildman–Crippen LogP) is 4.75. The van der Waals surface area contributed by atoms with Gasteiger partial charge < -0.3 is 10.1 Å². The fourth-order valence-corrected chi connectivity index (χ4v) is 3.00. The Morgan fingerprint density at radius 1 is 1.07 bits per heavy atom. The number of ether oxygens (including phenoxy) is 1. The van der Waals surface area contributed by atoms with Gasteiger partial charge in [0.15, 0.2) is 6.61 Å². The molecule has 0 aliphatic carbocycles. The van der Waals surface area contributed by atoms with Crippen molar-refractivity contribution >= 4 is 21.8 Å². The minimum Gasteiger partial charge on any atom is -0.484 e. The Hall–Kier alpha value is -2.66. The van der Waals surface area contributed by atoms with Gasteiger partial charge in [0.25, 0.3) is 5.91 Å². The molecule has 138 valence electrons. The molecule has 1 heterocycles. The molecule has 0 spiro atoms. The minimum atomic E-state index is -0.279. The first-order chi connectivity index (χ1) is 13.0. The highest BCUT2D eigenvalue weighted by Crippen LogP contribution is 2.24. The van der Waals surface area contributed by atoms with Crippen molar-refractivity contribution in [2.24, 2.45) is 0 Å². The van der Waals surface area contributed by atoms with Crippen molar-refractivity contribution in [1.29, 1.82) is 0 Å². The van der Waals surface area contributed by atoms with Crippen molar-refractivity contribution in [3.63, 3.8) is 0 Å². The molecular weight excluding hydrogens is 404 g/mol. The zero-order valence-electron chi connectivity index (χ0n) is 15.3. The average Bonchev–Trinajstić information content (AvgIpc) is 2.68. The molecule has 3 aromatic rings. The van der Waals surface area contributed by atoms with Crippen LogP contribution in [0.5, 0.6) is 5.75 Å². The van der Waals surface area contributed by atoms with Crippen LogP contribution in [0, 0.1) is 13.8 Å². The lowest BCUT2D eigenvalue weighted by atomic mass is 9.96. The lowest BCUT2D eigenvalue weighted by molar-refractivity contribution is -0.123. The van der Waals surface area contributed by atoms with Gasteiger partial charge in [-0.15, -0.1) is 0 Å². The topological polar surface area (TPSA) is 51.2 Å². The van der Waals surface area contributed by atoms with Crippen LogP contribution in [0.3, 0.4) is 0 Å². The minimum absolute atomic E-state index is 0.0523. The fourth-order valence-electron chi connectivity index (χ4n) is 2.73. The Morgan fingerprint density at radius 2 is 1.85 bits per heavy atom. The Morgan fingerprint density at radius 3 is 2.52 bits per heavy atom. The van der Waals surface area contributed by atoms with Crippen molar-refractivity contribution in [3.05, 3.63) is 93.7 Å². The number of hydrogen-bond donors (Lipinski definition) is 1. The molecule has 1 atom stereocenters. The first-order valence-corrected chi connectivity index (χ1v) is 9.47. The van der Waals surface area contributed by atoms with Crippen LogP contribution in [0.25, 0.3) is 0 Å². The third-order valence-electron chi connectivity index (χ3n) is 4.37. The molecule has 0 saturated carbocycles. The SMILES string of the molecule is Cc1ccc([C@@H](NC(=O)COc2ccc(Br)cc2)c2cccnc2)cc1C. The highest BCUT2D eigenvalue weighted by Gasteiger charge is 2.18. The second-order valence-electron chi connectivity index (χ2n) is 6.37. The third-order valence-corrected chi connectivity index (χ3v) is 4.90. The quantitative estimate of drug-likeness (QED) is 0.621. The first-order valence-electron chi connectivity index (χ1n) is 8.68. The van der Waals surface area contributed by atoms with Gasteiger partial charge in [-0.05, 0) is 66.4 Å². The number of carbonyl (C=O) groups excluding carboxylic acids is 1. The predicted molar refractivity (Wildman–Crippen MR) is 110 cm³/mol. The summed E-state index contributed by atoms with van der Waals surface area (Å²) in [5.74, 6) is 0.461. The number of rotatable bonds is 6. The summed E-state index contributed by atoms with van der Waals surface area (Å²) in [5, 5.41) is 3.06. The maximum absolute atomic E-state index is 12.5. The van der Waals surface area contributed by atoms with Gasteiger partial charge in [-0.2, -0.15) is 0 Å². The van der Waals surface area contributed by atoms with Crippen LogP contribution < -0.4 is 10.1 Å². The molecule has 0 fully saturated rings. The first kappa shape index (κ1) is 19.1. The lowest BCUT2D eigenvalue weighted by Gasteiger charge is -2.20. The molecule has 0 aliphatic rings. The van der Waals surface area contributed by atoms with E-state index in [2.05, 4.69) is 52.2 Å². The Kier molecular flexibility index (Phi) is 6.24. The average molecular weight is 425 g/mol. The van der Waals surface area contributed by atoms with Crippen LogP contribution >= 0.6 is 15.9 Å². The number of nitrogens with zero attached hydrogens (tertiary/aromatic N) is 1. The molecule has 0 aliphatic heterocycles. The van der Waals surface area contributed by atoms with Crippen LogP contribution in [0.2, 0.25) is 0 Å². The maximum Gasteiger partial charge on any atom is 0.258 e. The van der Waals surface area contributed by atoms with E-state index in [4.69, 9.17) is 4.74 Å². The maximum atomic E-state index is 12.5. The molecule has 5 heteroatoms. The summed E-state index contributed by atoms with van der Waals surface area (Å²) in [7, 11) is 0. The van der Waals surface area contributed by atoms with Crippen molar-refractivity contribution < 1.29 is 9.53 Å². The summed E-state index contributed by atoms with van der Waals surface area (Å²) in [4.78, 5) is 16.7. The second kappa shape index (κ2) is 8.82. The van der Waals surface area contributed by atoms with E-state index < -0.39 is 0 Å². The van der Waals surface area contributed by atoms with Crippen LogP contribution in [0.15, 0.2) is 71.5 Å². The smallest absolute Gasteiger partial charge is 0.258 e. The monoisotopic (exact) mass is 424 g/mol. The highest BCUT2D eigenvalue weighted by molar-refractivity contribution is 9.10. The van der Waals surface area contributed by atoms with Crippen LogP contribution in [0.4, 0.5) is 0 Å². The molecule has 4 nitrogen and oxygen atoms in total. The Balaban J connectivity index is 1.75. The summed E-state index contributed by atoms with van der Waals surface area (Å²) < 4.78 is 6.55. The summed E-state index contributed by atoms with van der Waals surface area (Å²) in [6.07, 6.45) is 3.50. The fraction of sp³-hybridized carbons (Fsp3) is 0.182. The number of carbonyl (C=O) groups is 1. The highest BCUT2D eigenvalue weighted by atomic mass is 79.9. The molecular formula is C22H21BrN2O2. The number of aromatic nitrogens is 1. The van der Waals surface area contributed by atoms with Gasteiger partial charge in [0.2, 0.25) is 0 Å². The van der Waals surface area contributed by atoms with E-state index in [1.165, 1.54) is 11.1 Å². The normalized spacial score (nSPS) is 11.7. The lowest BCUT2D eigenvalue weighted by Crippen LogP contribution is -2.33. The number of amides is 1. The van der Waals surface area contributed by atoms with Crippen LogP contribution in [-0.4, -0.2) is 17.5 Å². The van der Waals surface area contributed by atoms with Gasteiger partial charge in [-0.25, -0.2) is 0 Å². The molecule has 0 bridgehead atoms. The van der Waals surface area contributed by atoms with E-state index in [1.807, 2.05) is 42.5 Å². The molecule has 27 heavy (non-hydrogen) atoms. The van der Waals surface area contributed by atoms with E-state index in [-0.39, 0.29) is 18.6 Å². The Labute approximate surface area is 167 Å². The molecule has 1 amide bonds. The number of hydrogen-bond acceptors (Lipinski definition) is 3. The molecule has 0 unspecified atom stereocenters. The zero-order valence-corrected chi connectivity index (χ0v) is 16.9. The van der Waals surface area contributed by atoms with Gasteiger partial charge in [-0.1, -0.05) is 40.2 Å². The van der Waals surface area contributed by atoms with Gasteiger partial charge >= 0.3 is 0 Å². The van der Waals surface area contributed by atoms with Crippen molar-refractivity contribution in [2.45, 2.75) is 19.9 Å². The Bertz CT molecular complexity index is 911. The number of aryl methyl sites for hydroxylation is 2. The summed E-state index contributed by atoms with van der Waals surface area (Å²) in [5.41, 5.74) is 4.34. The van der Waals surface area contributed by atoms with E-state index in [0.717, 1.165) is 15.6 Å². The molecule has 3 rings (SSSR count). The van der Waals surface area contributed by atoms with Crippen molar-refractivity contribution in [2.75, 3.05) is 6.61 Å². The standard InChI is InChI=1S/C22H21BrN2O2/c1-15-5-6-17(12-16(15)2)22(18-4-3-11-24-13-18)25-21(26)14-27-20-9-7-19(23)8-10-20/h3-13,22H,14H2,1-2H3,(H,25,26)/t22-/m1/s1. The molecule has 2 aromatic carbocycles. The van der Waals surface area contributed by atoms with E-state index in [1.54, 1.807) is 12.4 Å². The van der Waals surface area contributed by atoms with E-state index in [0.29, 0.717) is 5.75 Å². The zero-order chi connectivity index (χ0) is 19.2. The van der Waals surface area contributed by atoms with Crippen molar-refractivity contribution in [3.8, 4) is 5.75 Å². The molecule has 0 radical (unpaired) electrons. The number of pyridine rings is 1. The summed E-state index contributed by atoms with van der Waals surface area (Å²) in [6.45, 7) is 4.09. The van der Waals surface area contributed by atoms with E-state index in [9.17, 15) is 4.79 Å². The molecule has 1 aromatic heterocycles. The summed E-state index contributed by atoms with van der Waals surface area (Å²) >= 11 is 3.38. The van der Waals surface area contributed by atoms with E-state index >= 15 is 0 Å². The van der Waals surface area contributed by atoms with Crippen LogP contribution in [0.1, 0.15) is 28.3 Å². The third kappa shape index (κ3) is 5.17. The number of halogens is 1. The number of nitrogens with one attached hydrogen (secondary N) is 1. The van der Waals surface area contributed by atoms with Gasteiger partial charge in [0, 0.05) is 16.9 Å². The van der Waals surface area contributed by atoms with Gasteiger partial charge in [0.05, 0.1) is 6.04 Å². The number of benzene rings is 2. The van der Waals surface area contributed by atoms with Gasteiger partial charge in [0.1, 0.15) is 5.75 Å². The largest absolute Gasteiger partial charge is 0.484 e. The summed E-state index contributed by atoms with van der Waals surface area (Å²) in [6, 6.07) is 17.1. The molecule has 1 N–H and O–H groups in total. The van der Waals surface area contributed by atoms with Gasteiger partial charge in [-0.3, -0.25) is 9.78 Å². The van der Waals surface area contributed by atoms with Crippen molar-refractivity contribution in [1.82, 2.24) is 10.3 Å². The van der Waals surface area contributed by atoms with Crippen LogP contribution in [-0.2, 0) is 4.79 Å². The second-order valence-corrected chi connectivity index (χ2v) is 7.29. The molecule has 0 saturated heterocycles.